The number of rotatable bonds is 4. The highest BCUT2D eigenvalue weighted by Crippen LogP contribution is 2.30. The van der Waals surface area contributed by atoms with Gasteiger partial charge in [-0.1, -0.05) is 6.07 Å². The zero-order valence-electron chi connectivity index (χ0n) is 12.6. The number of benzene rings is 1. The van der Waals surface area contributed by atoms with Crippen LogP contribution in [0.1, 0.15) is 19.4 Å². The lowest BCUT2D eigenvalue weighted by atomic mass is 10.1. The highest BCUT2D eigenvalue weighted by molar-refractivity contribution is 6.22. The van der Waals surface area contributed by atoms with Crippen LogP contribution in [0.3, 0.4) is 0 Å². The van der Waals surface area contributed by atoms with E-state index in [2.05, 4.69) is 4.99 Å². The zero-order valence-corrected chi connectivity index (χ0v) is 12.6. The summed E-state index contributed by atoms with van der Waals surface area (Å²) in [6.45, 7) is 3.54. The standard InChI is InChI=1S/C16H17NO5/c1-4-22-16(20)14-9(2)17-11(15(14)19)7-10-5-6-12(18)13(8-10)21-3/h5-8,18-19H,4H2,1-3H3/b11-7-. The molecule has 2 N–H and O–H groups in total. The normalized spacial score (nSPS) is 16.0. The molecule has 1 aromatic rings. The summed E-state index contributed by atoms with van der Waals surface area (Å²) in [5.74, 6) is -0.499. The van der Waals surface area contributed by atoms with Gasteiger partial charge in [-0.25, -0.2) is 9.79 Å². The maximum atomic E-state index is 11.8. The third-order valence-corrected chi connectivity index (χ3v) is 3.12. The second-order valence-electron chi connectivity index (χ2n) is 4.60. The minimum atomic E-state index is -0.604. The summed E-state index contributed by atoms with van der Waals surface area (Å²) in [4.78, 5) is 16.0. The van der Waals surface area contributed by atoms with Crippen LogP contribution in [0.15, 0.2) is 40.2 Å². The van der Waals surface area contributed by atoms with E-state index in [1.165, 1.54) is 13.2 Å². The molecular formula is C16H17NO5. The first kappa shape index (κ1) is 15.6. The van der Waals surface area contributed by atoms with Crippen molar-refractivity contribution in [2.45, 2.75) is 13.8 Å². The van der Waals surface area contributed by atoms with Crippen LogP contribution in [-0.2, 0) is 9.53 Å². The highest BCUT2D eigenvalue weighted by Gasteiger charge is 2.27. The molecule has 2 rings (SSSR count). The lowest BCUT2D eigenvalue weighted by molar-refractivity contribution is -0.138. The first-order valence-electron chi connectivity index (χ1n) is 6.73. The van der Waals surface area contributed by atoms with E-state index in [0.29, 0.717) is 17.0 Å². The Hall–Kier alpha value is -2.76. The van der Waals surface area contributed by atoms with Gasteiger partial charge in [0, 0.05) is 0 Å². The van der Waals surface area contributed by atoms with Gasteiger partial charge in [0.2, 0.25) is 0 Å². The Bertz CT molecular complexity index is 700. The molecule has 0 fully saturated rings. The van der Waals surface area contributed by atoms with Crippen molar-refractivity contribution in [3.05, 3.63) is 40.8 Å². The topological polar surface area (TPSA) is 88.4 Å². The summed E-state index contributed by atoms with van der Waals surface area (Å²) in [5, 5.41) is 19.7. The average molecular weight is 303 g/mol. The summed E-state index contributed by atoms with van der Waals surface area (Å²) >= 11 is 0. The Kier molecular flexibility index (Phi) is 4.50. The molecule has 1 aliphatic heterocycles. The van der Waals surface area contributed by atoms with E-state index in [0.717, 1.165) is 0 Å². The number of aliphatic imine (C=N–C) groups is 1. The number of aliphatic hydroxyl groups excluding tert-OH is 1. The first-order valence-corrected chi connectivity index (χ1v) is 6.73. The van der Waals surface area contributed by atoms with Gasteiger partial charge in [0.05, 0.1) is 19.4 Å². The largest absolute Gasteiger partial charge is 0.505 e. The molecule has 6 heteroatoms. The van der Waals surface area contributed by atoms with Crippen molar-refractivity contribution in [3.8, 4) is 11.5 Å². The number of carbonyl (C=O) groups excluding carboxylic acids is 1. The molecule has 1 aliphatic rings. The number of phenolic OH excluding ortho intramolecular Hbond substituents is 1. The number of carbonyl (C=O) groups is 1. The number of aromatic hydroxyl groups is 1. The van der Waals surface area contributed by atoms with Gasteiger partial charge in [-0.15, -0.1) is 0 Å². The predicted molar refractivity (Wildman–Crippen MR) is 82.0 cm³/mol. The fraction of sp³-hybridized carbons (Fsp3) is 0.250. The van der Waals surface area contributed by atoms with Crippen LogP contribution in [0.4, 0.5) is 0 Å². The number of methoxy groups -OCH3 is 1. The lowest BCUT2D eigenvalue weighted by Crippen LogP contribution is -2.13. The number of aliphatic hydroxyl groups is 1. The van der Waals surface area contributed by atoms with Crippen LogP contribution in [-0.4, -0.2) is 35.6 Å². The van der Waals surface area contributed by atoms with Crippen molar-refractivity contribution in [1.29, 1.82) is 0 Å². The molecule has 22 heavy (non-hydrogen) atoms. The molecule has 1 aromatic carbocycles. The van der Waals surface area contributed by atoms with Crippen molar-refractivity contribution < 1.29 is 24.5 Å². The van der Waals surface area contributed by atoms with Crippen LogP contribution >= 0.6 is 0 Å². The molecule has 116 valence electrons. The molecule has 6 nitrogen and oxygen atoms in total. The smallest absolute Gasteiger partial charge is 0.343 e. The Morgan fingerprint density at radius 3 is 2.73 bits per heavy atom. The van der Waals surface area contributed by atoms with Crippen LogP contribution in [0, 0.1) is 0 Å². The fourth-order valence-corrected chi connectivity index (χ4v) is 2.08. The number of ether oxygens (including phenoxy) is 2. The van der Waals surface area contributed by atoms with Gasteiger partial charge in [0.1, 0.15) is 11.3 Å². The number of hydrogen-bond acceptors (Lipinski definition) is 6. The molecule has 0 atom stereocenters. The van der Waals surface area contributed by atoms with E-state index in [4.69, 9.17) is 9.47 Å². The molecule has 0 spiro atoms. The number of phenols is 1. The minimum absolute atomic E-state index is 0.0164. The molecule has 0 radical (unpaired) electrons. The van der Waals surface area contributed by atoms with E-state index in [1.807, 2.05) is 0 Å². The summed E-state index contributed by atoms with van der Waals surface area (Å²) in [6.07, 6.45) is 1.59. The molecule has 0 saturated heterocycles. The Balaban J connectivity index is 2.39. The van der Waals surface area contributed by atoms with Crippen LogP contribution in [0.5, 0.6) is 11.5 Å². The third-order valence-electron chi connectivity index (χ3n) is 3.12. The quantitative estimate of drug-likeness (QED) is 0.835. The average Bonchev–Trinajstić information content (AvgIpc) is 2.75. The van der Waals surface area contributed by atoms with E-state index in [-0.39, 0.29) is 29.4 Å². The molecular weight excluding hydrogens is 286 g/mol. The second kappa shape index (κ2) is 6.34. The molecule has 0 amide bonds. The van der Waals surface area contributed by atoms with E-state index in [9.17, 15) is 15.0 Å². The van der Waals surface area contributed by atoms with E-state index < -0.39 is 5.97 Å². The maximum absolute atomic E-state index is 11.8. The molecule has 0 saturated carbocycles. The maximum Gasteiger partial charge on any atom is 0.343 e. The number of hydrogen-bond donors (Lipinski definition) is 2. The number of nitrogens with zero attached hydrogens (tertiary/aromatic N) is 1. The Morgan fingerprint density at radius 2 is 2.09 bits per heavy atom. The van der Waals surface area contributed by atoms with Gasteiger partial charge in [-0.2, -0.15) is 0 Å². The summed E-state index contributed by atoms with van der Waals surface area (Å²) in [7, 11) is 1.44. The molecule has 0 bridgehead atoms. The Morgan fingerprint density at radius 1 is 1.36 bits per heavy atom. The first-order chi connectivity index (χ1) is 10.5. The van der Waals surface area contributed by atoms with Crippen LogP contribution < -0.4 is 4.74 Å². The zero-order chi connectivity index (χ0) is 16.3. The lowest BCUT2D eigenvalue weighted by Gasteiger charge is -2.04. The van der Waals surface area contributed by atoms with Crippen molar-refractivity contribution in [2.24, 2.45) is 4.99 Å². The van der Waals surface area contributed by atoms with E-state index in [1.54, 1.807) is 32.1 Å². The predicted octanol–water partition coefficient (Wildman–Crippen LogP) is 2.59. The van der Waals surface area contributed by atoms with Gasteiger partial charge in [-0.05, 0) is 37.6 Å². The highest BCUT2D eigenvalue weighted by atomic mass is 16.5. The van der Waals surface area contributed by atoms with Gasteiger partial charge < -0.3 is 19.7 Å². The van der Waals surface area contributed by atoms with Crippen LogP contribution in [0.2, 0.25) is 0 Å². The summed E-state index contributed by atoms with van der Waals surface area (Å²) < 4.78 is 9.93. The molecule has 1 heterocycles. The van der Waals surface area contributed by atoms with E-state index >= 15 is 0 Å². The van der Waals surface area contributed by atoms with Gasteiger partial charge in [-0.3, -0.25) is 0 Å². The molecule has 0 aromatic heterocycles. The van der Waals surface area contributed by atoms with Gasteiger partial charge in [0.25, 0.3) is 0 Å². The summed E-state index contributed by atoms with van der Waals surface area (Å²) in [6, 6.07) is 4.72. The third kappa shape index (κ3) is 2.95. The SMILES string of the molecule is CCOC(=O)C1=C(O)/C(=C/c2ccc(O)c(OC)c2)N=C1C. The number of esters is 1. The minimum Gasteiger partial charge on any atom is -0.505 e. The monoisotopic (exact) mass is 303 g/mol. The summed E-state index contributed by atoms with van der Waals surface area (Å²) in [5.41, 5.74) is 1.39. The van der Waals surface area contributed by atoms with Gasteiger partial charge >= 0.3 is 5.97 Å². The van der Waals surface area contributed by atoms with Crippen LogP contribution in [0.25, 0.3) is 6.08 Å². The van der Waals surface area contributed by atoms with Crippen molar-refractivity contribution in [2.75, 3.05) is 13.7 Å². The van der Waals surface area contributed by atoms with Crippen molar-refractivity contribution in [3.63, 3.8) is 0 Å². The van der Waals surface area contributed by atoms with Crippen molar-refractivity contribution in [1.82, 2.24) is 0 Å². The second-order valence-corrected chi connectivity index (χ2v) is 4.60. The fourth-order valence-electron chi connectivity index (χ4n) is 2.08. The Labute approximate surface area is 128 Å². The van der Waals surface area contributed by atoms with Gasteiger partial charge in [0.15, 0.2) is 17.3 Å². The molecule has 0 aliphatic carbocycles. The van der Waals surface area contributed by atoms with Crippen molar-refractivity contribution >= 4 is 17.8 Å². The molecule has 0 unspecified atom stereocenters.